The number of nitrogens with one attached hydrogen (secondary N) is 1. The smallest absolute Gasteiger partial charge is 0.297 e. The van der Waals surface area contributed by atoms with Crippen molar-refractivity contribution in [3.05, 3.63) is 95.0 Å². The third-order valence-electron chi connectivity index (χ3n) is 3.46. The Balaban J connectivity index is 0.000000325. The molecule has 4 aromatic rings. The van der Waals surface area contributed by atoms with Crippen LogP contribution in [-0.4, -0.2) is 15.1 Å². The number of rotatable bonds is 3. The molecule has 4 rings (SSSR count). The second kappa shape index (κ2) is 8.78. The van der Waals surface area contributed by atoms with Gasteiger partial charge in [0.25, 0.3) is 5.69 Å². The van der Waals surface area contributed by atoms with Gasteiger partial charge >= 0.3 is 17.1 Å². The summed E-state index contributed by atoms with van der Waals surface area (Å²) in [5.74, 6) is 0. The van der Waals surface area contributed by atoms with E-state index in [2.05, 4.69) is 10.2 Å². The van der Waals surface area contributed by atoms with Crippen LogP contribution in [-0.2, 0) is 17.1 Å². The van der Waals surface area contributed by atoms with E-state index in [1.54, 1.807) is 12.1 Å². The molecule has 1 aromatic heterocycles. The normalized spacial score (nSPS) is 9.60. The minimum absolute atomic E-state index is 0. The van der Waals surface area contributed by atoms with Gasteiger partial charge in [-0.05, 0) is 11.3 Å². The van der Waals surface area contributed by atoms with Crippen molar-refractivity contribution in [3.8, 4) is 22.5 Å². The fourth-order valence-electron chi connectivity index (χ4n) is 2.27. The average Bonchev–Trinajstić information content (AvgIpc) is 3.38. The molecule has 1 N–H and O–H groups in total. The number of benzene rings is 1. The van der Waals surface area contributed by atoms with E-state index >= 15 is 0 Å². The molecular formula is C19H15FeN3O2. The van der Waals surface area contributed by atoms with Gasteiger partial charge in [0.05, 0.1) is 10.6 Å². The van der Waals surface area contributed by atoms with E-state index in [-0.39, 0.29) is 22.8 Å². The number of hydrogen-bond acceptors (Lipinski definition) is 3. The van der Waals surface area contributed by atoms with Gasteiger partial charge < -0.3 is 0 Å². The van der Waals surface area contributed by atoms with E-state index in [0.29, 0.717) is 5.69 Å². The first kappa shape index (κ1) is 18.4. The van der Waals surface area contributed by atoms with E-state index in [1.807, 2.05) is 60.7 Å². The summed E-state index contributed by atoms with van der Waals surface area (Å²) in [7, 11) is 0. The number of aromatic amines is 1. The van der Waals surface area contributed by atoms with E-state index in [1.165, 1.54) is 12.1 Å². The van der Waals surface area contributed by atoms with Gasteiger partial charge in [0.1, 0.15) is 0 Å². The molecule has 25 heavy (non-hydrogen) atoms. The molecule has 0 spiro atoms. The molecule has 0 atom stereocenters. The van der Waals surface area contributed by atoms with E-state index < -0.39 is 4.92 Å². The zero-order valence-electron chi connectivity index (χ0n) is 13.1. The first-order valence-electron chi connectivity index (χ1n) is 7.43. The van der Waals surface area contributed by atoms with Crippen LogP contribution in [0.25, 0.3) is 22.5 Å². The summed E-state index contributed by atoms with van der Waals surface area (Å²) in [4.78, 5) is 10.3. The summed E-state index contributed by atoms with van der Waals surface area (Å²) in [6.45, 7) is 0. The molecule has 1 heterocycles. The van der Waals surface area contributed by atoms with E-state index in [4.69, 9.17) is 0 Å². The Morgan fingerprint density at radius 3 is 2.36 bits per heavy atom. The molecule has 0 unspecified atom stereocenters. The number of nitrogens with zero attached hydrogens (tertiary/aromatic N) is 2. The van der Waals surface area contributed by atoms with Crippen LogP contribution in [0.5, 0.6) is 0 Å². The minimum atomic E-state index is -0.408. The van der Waals surface area contributed by atoms with Gasteiger partial charge in [-0.3, -0.25) is 15.2 Å². The number of nitro benzene ring substituents is 1. The van der Waals surface area contributed by atoms with Crippen LogP contribution >= 0.6 is 0 Å². The Morgan fingerprint density at radius 1 is 1.04 bits per heavy atom. The largest absolute Gasteiger partial charge is 2.00 e. The molecule has 0 aliphatic carbocycles. The van der Waals surface area contributed by atoms with Gasteiger partial charge in [0.2, 0.25) is 0 Å². The molecule has 0 radical (unpaired) electrons. The van der Waals surface area contributed by atoms with Crippen LogP contribution in [0.15, 0.2) is 84.9 Å². The van der Waals surface area contributed by atoms with E-state index in [9.17, 15) is 10.1 Å². The zero-order valence-corrected chi connectivity index (χ0v) is 14.3. The molecule has 6 heteroatoms. The summed E-state index contributed by atoms with van der Waals surface area (Å²) in [5, 5.41) is 17.9. The van der Waals surface area contributed by atoms with Crippen molar-refractivity contribution in [2.75, 3.05) is 0 Å². The SMILES string of the molecule is O=[N+]([O-])c1cccc(-c2cc(-[c-]3cccc3)[nH]n2)c1.[Fe+2].c1cc[cH-]c1. The fraction of sp³-hybridized carbons (Fsp3) is 0. The van der Waals surface area contributed by atoms with Crippen LogP contribution in [0, 0.1) is 10.1 Å². The molecule has 0 bridgehead atoms. The first-order valence-corrected chi connectivity index (χ1v) is 7.43. The van der Waals surface area contributed by atoms with Crippen LogP contribution in [0.1, 0.15) is 0 Å². The van der Waals surface area contributed by atoms with Crippen molar-refractivity contribution in [2.45, 2.75) is 0 Å². The van der Waals surface area contributed by atoms with Gasteiger partial charge in [-0.25, -0.2) is 12.1 Å². The van der Waals surface area contributed by atoms with Gasteiger partial charge in [-0.15, -0.1) is 12.1 Å². The summed E-state index contributed by atoms with van der Waals surface area (Å²) in [6.07, 6.45) is 0. The summed E-state index contributed by atoms with van der Waals surface area (Å²) < 4.78 is 0. The maximum atomic E-state index is 10.8. The number of aromatic nitrogens is 2. The maximum absolute atomic E-state index is 10.8. The molecule has 3 aromatic carbocycles. The standard InChI is InChI=1S/C14H10N3O2.C5H5.Fe/c18-17(19)12-7-3-6-11(8-12)14-9-13(15-16-14)10-4-1-2-5-10;1-2-4-5-3-1;/h1-9H,(H,15,16);1-5H;/q2*-1;+2. The van der Waals surface area contributed by atoms with Gasteiger partial charge in [0, 0.05) is 12.1 Å². The number of H-pyrrole nitrogens is 1. The maximum Gasteiger partial charge on any atom is 2.00 e. The summed E-state index contributed by atoms with van der Waals surface area (Å²) >= 11 is 0. The van der Waals surface area contributed by atoms with Crippen molar-refractivity contribution < 1.29 is 22.0 Å². The monoisotopic (exact) mass is 373 g/mol. The predicted molar refractivity (Wildman–Crippen MR) is 93.7 cm³/mol. The van der Waals surface area contributed by atoms with Crippen molar-refractivity contribution >= 4 is 5.69 Å². The molecule has 0 aliphatic heterocycles. The minimum Gasteiger partial charge on any atom is -0.297 e. The fourth-order valence-corrected chi connectivity index (χ4v) is 2.27. The Labute approximate surface area is 155 Å². The quantitative estimate of drug-likeness (QED) is 0.243. The van der Waals surface area contributed by atoms with Crippen LogP contribution in [0.2, 0.25) is 0 Å². The first-order chi connectivity index (χ1) is 11.7. The third kappa shape index (κ3) is 4.76. The average molecular weight is 373 g/mol. The molecule has 0 fully saturated rings. The molecule has 0 aliphatic rings. The number of hydrogen-bond donors (Lipinski definition) is 1. The second-order valence-electron chi connectivity index (χ2n) is 5.11. The predicted octanol–water partition coefficient (Wildman–Crippen LogP) is 4.77. The molecule has 0 saturated carbocycles. The van der Waals surface area contributed by atoms with Crippen molar-refractivity contribution in [2.24, 2.45) is 0 Å². The van der Waals surface area contributed by atoms with E-state index in [0.717, 1.165) is 16.8 Å². The molecular weight excluding hydrogens is 358 g/mol. The van der Waals surface area contributed by atoms with Crippen LogP contribution < -0.4 is 0 Å². The Kier molecular flexibility index (Phi) is 6.46. The second-order valence-corrected chi connectivity index (χ2v) is 5.11. The number of nitro groups is 1. The van der Waals surface area contributed by atoms with Crippen molar-refractivity contribution in [1.29, 1.82) is 0 Å². The number of non-ortho nitro benzene ring substituents is 1. The summed E-state index contributed by atoms with van der Waals surface area (Å²) in [6, 6.07) is 26.2. The van der Waals surface area contributed by atoms with Gasteiger partial charge in [-0.1, -0.05) is 23.8 Å². The third-order valence-corrected chi connectivity index (χ3v) is 3.46. The van der Waals surface area contributed by atoms with Gasteiger partial charge in [-0.2, -0.15) is 35.4 Å². The molecule has 5 nitrogen and oxygen atoms in total. The van der Waals surface area contributed by atoms with Crippen LogP contribution in [0.3, 0.4) is 0 Å². The zero-order chi connectivity index (χ0) is 16.8. The van der Waals surface area contributed by atoms with Crippen molar-refractivity contribution in [1.82, 2.24) is 10.2 Å². The Bertz CT molecular complexity index is 879. The molecule has 0 saturated heterocycles. The summed E-state index contributed by atoms with van der Waals surface area (Å²) in [5.41, 5.74) is 3.43. The topological polar surface area (TPSA) is 71.8 Å². The van der Waals surface area contributed by atoms with Crippen molar-refractivity contribution in [3.63, 3.8) is 0 Å². The Hall–Kier alpha value is -2.95. The molecule has 126 valence electrons. The molecule has 0 amide bonds. The van der Waals surface area contributed by atoms with Gasteiger partial charge in [0.15, 0.2) is 0 Å². The Morgan fingerprint density at radius 2 is 1.76 bits per heavy atom. The van der Waals surface area contributed by atoms with Crippen LogP contribution in [0.4, 0.5) is 5.69 Å².